The maximum absolute atomic E-state index is 11.0. The van der Waals surface area contributed by atoms with Crippen molar-refractivity contribution in [1.29, 1.82) is 5.26 Å². The average Bonchev–Trinajstić information content (AvgIpc) is 2.39. The minimum absolute atomic E-state index is 0.0992. The summed E-state index contributed by atoms with van der Waals surface area (Å²) in [6.45, 7) is 1.98. The van der Waals surface area contributed by atoms with Gasteiger partial charge in [0, 0.05) is 19.2 Å². The predicted molar refractivity (Wildman–Crippen MR) is 65.9 cm³/mol. The summed E-state index contributed by atoms with van der Waals surface area (Å²) in [6, 6.07) is 4.64. The highest BCUT2D eigenvalue weighted by Gasteiger charge is 2.26. The van der Waals surface area contributed by atoms with Crippen molar-refractivity contribution in [3.63, 3.8) is 0 Å². The van der Waals surface area contributed by atoms with Crippen LogP contribution in [0, 0.1) is 21.4 Å². The number of hydrogen-bond acceptors (Lipinski definition) is 5. The fourth-order valence-electron chi connectivity index (χ4n) is 1.92. The molecule has 1 aromatic rings. The minimum atomic E-state index is -0.498. The van der Waals surface area contributed by atoms with Gasteiger partial charge in [0.25, 0.3) is 5.69 Å². The lowest BCUT2D eigenvalue weighted by molar-refractivity contribution is -0.384. The number of morpholine rings is 1. The van der Waals surface area contributed by atoms with Crippen molar-refractivity contribution in [2.24, 2.45) is 0 Å². The van der Waals surface area contributed by atoms with Crippen LogP contribution in [0.5, 0.6) is 0 Å². The van der Waals surface area contributed by atoms with Gasteiger partial charge in [-0.1, -0.05) is 11.6 Å². The van der Waals surface area contributed by atoms with E-state index in [0.717, 1.165) is 0 Å². The van der Waals surface area contributed by atoms with Crippen LogP contribution >= 0.6 is 11.6 Å². The van der Waals surface area contributed by atoms with Crippen LogP contribution in [0.25, 0.3) is 0 Å². The molecule has 0 spiro atoms. The summed E-state index contributed by atoms with van der Waals surface area (Å²) >= 11 is 5.92. The first-order chi connectivity index (χ1) is 8.65. The van der Waals surface area contributed by atoms with Crippen molar-refractivity contribution in [2.75, 3.05) is 31.2 Å². The number of rotatable bonds is 2. The fraction of sp³-hybridized carbons (Fsp3) is 0.364. The van der Waals surface area contributed by atoms with Gasteiger partial charge < -0.3 is 9.64 Å². The predicted octanol–water partition coefficient (Wildman–Crippen LogP) is 1.96. The third-order valence-electron chi connectivity index (χ3n) is 2.74. The Balaban J connectivity index is 2.56. The first kappa shape index (κ1) is 12.6. The molecule has 1 aliphatic heterocycles. The van der Waals surface area contributed by atoms with Gasteiger partial charge in [-0.25, -0.2) is 0 Å². The molecular formula is C11H10ClN3O3. The molecule has 94 valence electrons. The van der Waals surface area contributed by atoms with E-state index in [2.05, 4.69) is 0 Å². The average molecular weight is 268 g/mol. The van der Waals surface area contributed by atoms with Crippen molar-refractivity contribution in [1.82, 2.24) is 0 Å². The summed E-state index contributed by atoms with van der Waals surface area (Å²) in [5.41, 5.74) is 0.337. The normalized spacial score (nSPS) is 15.2. The number of nitro groups is 1. The van der Waals surface area contributed by atoms with Gasteiger partial charge in [-0.3, -0.25) is 10.1 Å². The zero-order chi connectivity index (χ0) is 13.1. The highest BCUT2D eigenvalue weighted by atomic mass is 35.5. The zero-order valence-electron chi connectivity index (χ0n) is 9.43. The van der Waals surface area contributed by atoms with Gasteiger partial charge >= 0.3 is 0 Å². The number of nitriles is 1. The number of anilines is 1. The maximum Gasteiger partial charge on any atom is 0.294 e. The summed E-state index contributed by atoms with van der Waals surface area (Å²) < 4.78 is 5.20. The molecule has 18 heavy (non-hydrogen) atoms. The number of ether oxygens (including phenoxy) is 1. The summed E-state index contributed by atoms with van der Waals surface area (Å²) in [5.74, 6) is 0. The Morgan fingerprint density at radius 1 is 1.44 bits per heavy atom. The lowest BCUT2D eigenvalue weighted by Gasteiger charge is -2.29. The van der Waals surface area contributed by atoms with Crippen molar-refractivity contribution in [3.05, 3.63) is 32.8 Å². The number of halogens is 1. The Labute approximate surface area is 108 Å². The Morgan fingerprint density at radius 3 is 2.67 bits per heavy atom. The highest BCUT2D eigenvalue weighted by Crippen LogP contribution is 2.36. The largest absolute Gasteiger partial charge is 0.378 e. The van der Waals surface area contributed by atoms with Gasteiger partial charge in [0.05, 0.1) is 23.2 Å². The molecule has 0 amide bonds. The van der Waals surface area contributed by atoms with Gasteiger partial charge in [0.15, 0.2) is 0 Å². The van der Waals surface area contributed by atoms with Crippen LogP contribution in [-0.4, -0.2) is 31.2 Å². The lowest BCUT2D eigenvalue weighted by Crippen LogP contribution is -2.37. The summed E-state index contributed by atoms with van der Waals surface area (Å²) in [7, 11) is 0. The quantitative estimate of drug-likeness (QED) is 0.604. The second-order valence-electron chi connectivity index (χ2n) is 3.76. The monoisotopic (exact) mass is 267 g/mol. The minimum Gasteiger partial charge on any atom is -0.378 e. The summed E-state index contributed by atoms with van der Waals surface area (Å²) in [5, 5.41) is 20.4. The van der Waals surface area contributed by atoms with Crippen molar-refractivity contribution >= 4 is 23.0 Å². The van der Waals surface area contributed by atoms with E-state index in [4.69, 9.17) is 21.6 Å². The van der Waals surface area contributed by atoms with Crippen LogP contribution in [0.4, 0.5) is 11.4 Å². The molecular weight excluding hydrogens is 258 g/mol. The molecule has 1 saturated heterocycles. The maximum atomic E-state index is 11.0. The molecule has 0 aliphatic carbocycles. The van der Waals surface area contributed by atoms with Gasteiger partial charge in [0.1, 0.15) is 17.3 Å². The van der Waals surface area contributed by atoms with Crippen molar-refractivity contribution in [2.45, 2.75) is 0 Å². The molecule has 2 rings (SSSR count). The molecule has 7 heteroatoms. The zero-order valence-corrected chi connectivity index (χ0v) is 10.2. The highest BCUT2D eigenvalue weighted by molar-refractivity contribution is 6.32. The summed E-state index contributed by atoms with van der Waals surface area (Å²) in [4.78, 5) is 12.3. The van der Waals surface area contributed by atoms with Gasteiger partial charge in [0.2, 0.25) is 0 Å². The molecule has 1 heterocycles. The van der Waals surface area contributed by atoms with Gasteiger partial charge in [-0.15, -0.1) is 0 Å². The van der Waals surface area contributed by atoms with Gasteiger partial charge in [-0.2, -0.15) is 5.26 Å². The van der Waals surface area contributed by atoms with E-state index < -0.39 is 4.92 Å². The second kappa shape index (κ2) is 5.21. The fourth-order valence-corrected chi connectivity index (χ4v) is 2.11. The SMILES string of the molecule is N#Cc1c(Cl)ccc([N+](=O)[O-])c1N1CCOCC1. The summed E-state index contributed by atoms with van der Waals surface area (Å²) in [6.07, 6.45) is 0. The lowest BCUT2D eigenvalue weighted by atomic mass is 10.1. The van der Waals surface area contributed by atoms with Crippen molar-refractivity contribution in [3.8, 4) is 6.07 Å². The van der Waals surface area contributed by atoms with Crippen LogP contribution < -0.4 is 4.90 Å². The van der Waals surface area contributed by atoms with E-state index in [1.807, 2.05) is 6.07 Å². The Kier molecular flexibility index (Phi) is 3.65. The molecule has 0 radical (unpaired) electrons. The van der Waals surface area contributed by atoms with Crippen LogP contribution in [0.1, 0.15) is 5.56 Å². The van der Waals surface area contributed by atoms with E-state index in [1.165, 1.54) is 12.1 Å². The van der Waals surface area contributed by atoms with Crippen LogP contribution in [0.3, 0.4) is 0 Å². The van der Waals surface area contributed by atoms with E-state index in [-0.39, 0.29) is 16.3 Å². The van der Waals surface area contributed by atoms with E-state index in [0.29, 0.717) is 32.0 Å². The third-order valence-corrected chi connectivity index (χ3v) is 3.06. The molecule has 1 aromatic carbocycles. The molecule has 1 fully saturated rings. The van der Waals surface area contributed by atoms with E-state index in [1.54, 1.807) is 4.90 Å². The molecule has 0 N–H and O–H groups in total. The molecule has 0 atom stereocenters. The Morgan fingerprint density at radius 2 is 2.11 bits per heavy atom. The standard InChI is InChI=1S/C11H10ClN3O3/c12-9-1-2-10(15(16)17)11(8(9)7-13)14-3-5-18-6-4-14/h1-2H,3-6H2. The number of nitro benzene ring substituents is 1. The Bertz CT molecular complexity index is 521. The molecule has 0 aromatic heterocycles. The second-order valence-corrected chi connectivity index (χ2v) is 4.17. The molecule has 0 bridgehead atoms. The number of hydrogen-bond donors (Lipinski definition) is 0. The van der Waals surface area contributed by atoms with Crippen molar-refractivity contribution < 1.29 is 9.66 Å². The first-order valence-corrected chi connectivity index (χ1v) is 5.72. The van der Waals surface area contributed by atoms with Gasteiger partial charge in [-0.05, 0) is 6.07 Å². The topological polar surface area (TPSA) is 79.4 Å². The van der Waals surface area contributed by atoms with Crippen LogP contribution in [0.2, 0.25) is 5.02 Å². The number of benzene rings is 1. The van der Waals surface area contributed by atoms with E-state index >= 15 is 0 Å². The third kappa shape index (κ3) is 2.23. The van der Waals surface area contributed by atoms with E-state index in [9.17, 15) is 10.1 Å². The van der Waals surface area contributed by atoms with Crippen LogP contribution in [0.15, 0.2) is 12.1 Å². The number of nitrogens with zero attached hydrogens (tertiary/aromatic N) is 3. The molecule has 6 nitrogen and oxygen atoms in total. The molecule has 0 saturated carbocycles. The smallest absolute Gasteiger partial charge is 0.294 e. The molecule has 1 aliphatic rings. The van der Waals surface area contributed by atoms with Crippen LogP contribution in [-0.2, 0) is 4.74 Å². The Hall–Kier alpha value is -1.84. The first-order valence-electron chi connectivity index (χ1n) is 5.35. The molecule has 0 unspecified atom stereocenters.